The Hall–Kier alpha value is -5.33. The molecular formula is C47H48F3N3O5. The number of hydrogen-bond acceptors (Lipinski definition) is 6. The predicted molar refractivity (Wildman–Crippen MR) is 214 cm³/mol. The van der Waals surface area contributed by atoms with Gasteiger partial charge in [0.25, 0.3) is 0 Å². The maximum Gasteiger partial charge on any atom is 0.471 e. The van der Waals surface area contributed by atoms with E-state index >= 15 is 0 Å². The number of halogens is 3. The molecule has 8 nitrogen and oxygen atoms in total. The number of aliphatic hydroxyl groups is 1. The summed E-state index contributed by atoms with van der Waals surface area (Å²) in [6, 6.07) is 42.9. The maximum atomic E-state index is 13.2. The summed E-state index contributed by atoms with van der Waals surface area (Å²) in [4.78, 5) is 28.1. The van der Waals surface area contributed by atoms with E-state index in [1.54, 1.807) is 0 Å². The second-order valence-electron chi connectivity index (χ2n) is 15.1. The summed E-state index contributed by atoms with van der Waals surface area (Å²) in [5, 5.41) is 12.5. The van der Waals surface area contributed by atoms with E-state index < -0.39 is 30.3 Å². The van der Waals surface area contributed by atoms with Crippen LogP contribution in [0, 0.1) is 5.92 Å². The van der Waals surface area contributed by atoms with Crippen molar-refractivity contribution in [1.82, 2.24) is 15.1 Å². The Morgan fingerprint density at radius 3 is 2.00 bits per heavy atom. The highest BCUT2D eigenvalue weighted by atomic mass is 19.4. The van der Waals surface area contributed by atoms with Gasteiger partial charge in [-0.3, -0.25) is 14.5 Å². The molecule has 11 heteroatoms. The number of rotatable bonds is 13. The van der Waals surface area contributed by atoms with Crippen molar-refractivity contribution in [3.8, 4) is 11.1 Å². The molecule has 2 aliphatic heterocycles. The van der Waals surface area contributed by atoms with Gasteiger partial charge >= 0.3 is 12.1 Å². The number of nitrogens with one attached hydrogen (secondary N) is 1. The summed E-state index contributed by atoms with van der Waals surface area (Å²) >= 11 is 0. The molecule has 58 heavy (non-hydrogen) atoms. The van der Waals surface area contributed by atoms with Crippen molar-refractivity contribution in [2.45, 2.75) is 76.7 Å². The molecule has 5 atom stereocenters. The number of benzene rings is 5. The smallest absolute Gasteiger partial charge is 0.392 e. The van der Waals surface area contributed by atoms with Gasteiger partial charge in [-0.15, -0.1) is 0 Å². The van der Waals surface area contributed by atoms with Gasteiger partial charge in [-0.1, -0.05) is 140 Å². The molecule has 2 heterocycles. The average Bonchev–Trinajstić information content (AvgIpc) is 3.74. The van der Waals surface area contributed by atoms with Gasteiger partial charge in [0.1, 0.15) is 6.04 Å². The second kappa shape index (κ2) is 18.5. The van der Waals surface area contributed by atoms with Crippen LogP contribution in [0.1, 0.15) is 65.5 Å². The molecule has 0 aliphatic carbocycles. The van der Waals surface area contributed by atoms with Crippen LogP contribution in [0.2, 0.25) is 0 Å². The molecule has 0 spiro atoms. The molecule has 0 saturated carbocycles. The first-order valence-electron chi connectivity index (χ1n) is 19.7. The molecule has 5 aromatic carbocycles. The number of likely N-dealkylation sites (tertiary alicyclic amines) is 1. The van der Waals surface area contributed by atoms with Crippen LogP contribution in [0.25, 0.3) is 11.1 Å². The Morgan fingerprint density at radius 2 is 1.38 bits per heavy atom. The number of carbonyl (C=O) groups excluding carboxylic acids is 2. The molecule has 302 valence electrons. The third kappa shape index (κ3) is 9.85. The summed E-state index contributed by atoms with van der Waals surface area (Å²) in [6.45, 7) is 4.21. The molecule has 5 aromatic rings. The first-order chi connectivity index (χ1) is 28.1. The summed E-state index contributed by atoms with van der Waals surface area (Å²) in [7, 11) is 0. The Morgan fingerprint density at radius 1 is 0.776 bits per heavy atom. The first kappa shape index (κ1) is 40.9. The van der Waals surface area contributed by atoms with Gasteiger partial charge in [-0.25, -0.2) is 0 Å². The lowest BCUT2D eigenvalue weighted by molar-refractivity contribution is -0.276. The van der Waals surface area contributed by atoms with Crippen molar-refractivity contribution in [3.05, 3.63) is 167 Å². The van der Waals surface area contributed by atoms with Crippen LogP contribution < -0.4 is 5.32 Å². The molecule has 2 aliphatic rings. The Bertz CT molecular complexity index is 2070. The zero-order valence-corrected chi connectivity index (χ0v) is 32.4. The second-order valence-corrected chi connectivity index (χ2v) is 15.1. The van der Waals surface area contributed by atoms with Crippen molar-refractivity contribution in [2.75, 3.05) is 13.1 Å². The van der Waals surface area contributed by atoms with Crippen molar-refractivity contribution < 1.29 is 37.3 Å². The van der Waals surface area contributed by atoms with Crippen LogP contribution in [0.4, 0.5) is 13.2 Å². The van der Waals surface area contributed by atoms with Crippen molar-refractivity contribution >= 4 is 11.8 Å². The summed E-state index contributed by atoms with van der Waals surface area (Å²) in [6.07, 6.45) is -5.72. The summed E-state index contributed by atoms with van der Waals surface area (Å²) in [5.41, 5.74) is 7.56. The number of amides is 2. The minimum absolute atomic E-state index is 0.0190. The van der Waals surface area contributed by atoms with Gasteiger partial charge in [-0.2, -0.15) is 13.2 Å². The van der Waals surface area contributed by atoms with Gasteiger partial charge in [0.15, 0.2) is 6.29 Å². The van der Waals surface area contributed by atoms with E-state index in [9.17, 15) is 27.9 Å². The summed E-state index contributed by atoms with van der Waals surface area (Å²) < 4.78 is 53.2. The van der Waals surface area contributed by atoms with E-state index in [1.807, 2.05) is 84.9 Å². The van der Waals surface area contributed by atoms with Crippen molar-refractivity contribution in [1.29, 1.82) is 0 Å². The fourth-order valence-corrected chi connectivity index (χ4v) is 7.97. The van der Waals surface area contributed by atoms with Crippen LogP contribution in [0.15, 0.2) is 133 Å². The minimum Gasteiger partial charge on any atom is -0.392 e. The average molecular weight is 792 g/mol. The Kier molecular flexibility index (Phi) is 13.0. The largest absolute Gasteiger partial charge is 0.471 e. The third-order valence-electron chi connectivity index (χ3n) is 11.1. The zero-order chi connectivity index (χ0) is 40.6. The van der Waals surface area contributed by atoms with Crippen molar-refractivity contribution in [2.24, 2.45) is 5.92 Å². The quantitative estimate of drug-likeness (QED) is 0.124. The van der Waals surface area contributed by atoms with Crippen LogP contribution in [-0.2, 0) is 45.3 Å². The number of alkyl halides is 3. The van der Waals surface area contributed by atoms with E-state index in [0.29, 0.717) is 17.9 Å². The van der Waals surface area contributed by atoms with Gasteiger partial charge in [-0.05, 0) is 51.8 Å². The van der Waals surface area contributed by atoms with Gasteiger partial charge < -0.3 is 24.8 Å². The highest BCUT2D eigenvalue weighted by Gasteiger charge is 2.47. The molecule has 2 N–H and O–H groups in total. The molecule has 0 radical (unpaired) electrons. The fourth-order valence-electron chi connectivity index (χ4n) is 7.97. The van der Waals surface area contributed by atoms with Crippen LogP contribution in [0.5, 0.6) is 0 Å². The number of hydrogen-bond donors (Lipinski definition) is 2. The van der Waals surface area contributed by atoms with Crippen molar-refractivity contribution in [3.63, 3.8) is 0 Å². The number of ether oxygens (including phenoxy) is 2. The molecule has 2 fully saturated rings. The molecule has 2 saturated heterocycles. The van der Waals surface area contributed by atoms with E-state index in [2.05, 4.69) is 65.7 Å². The highest BCUT2D eigenvalue weighted by molar-refractivity contribution is 5.90. The van der Waals surface area contributed by atoms with Gasteiger partial charge in [0.05, 0.1) is 18.8 Å². The van der Waals surface area contributed by atoms with Crippen LogP contribution in [0.3, 0.4) is 0 Å². The summed E-state index contributed by atoms with van der Waals surface area (Å²) in [5.74, 6) is -2.61. The maximum absolute atomic E-state index is 13.2. The van der Waals surface area contributed by atoms with Crippen LogP contribution in [-0.4, -0.2) is 58.1 Å². The SMILES string of the molecule is C[C@@H]1[C@H](CN(Cc2ccccc2)Cc2ccccc2)O[C@H](c2ccc(-c3ccccc3CNC(=O)[C@@H]3CCCN3C(=O)C(F)(F)F)cc2)O[C@@H]1c1ccc(CO)cc1. The van der Waals surface area contributed by atoms with Gasteiger partial charge in [0, 0.05) is 44.2 Å². The fraction of sp³-hybridized carbons (Fsp3) is 0.319. The molecule has 2 amide bonds. The topological polar surface area (TPSA) is 91.3 Å². The molecular weight excluding hydrogens is 744 g/mol. The number of nitrogens with zero attached hydrogens (tertiary/aromatic N) is 2. The number of carbonyl (C=O) groups is 2. The van der Waals surface area contributed by atoms with Crippen LogP contribution >= 0.6 is 0 Å². The van der Waals surface area contributed by atoms with E-state index in [4.69, 9.17) is 9.47 Å². The zero-order valence-electron chi connectivity index (χ0n) is 32.4. The van der Waals surface area contributed by atoms with E-state index in [1.165, 1.54) is 11.1 Å². The third-order valence-corrected chi connectivity index (χ3v) is 11.1. The van der Waals surface area contributed by atoms with Gasteiger partial charge in [0.2, 0.25) is 5.91 Å². The first-order valence-corrected chi connectivity index (χ1v) is 19.7. The predicted octanol–water partition coefficient (Wildman–Crippen LogP) is 8.51. The lowest BCUT2D eigenvalue weighted by Gasteiger charge is -2.43. The Balaban J connectivity index is 1.11. The lowest BCUT2D eigenvalue weighted by atomic mass is 9.89. The lowest BCUT2D eigenvalue weighted by Crippen LogP contribution is -2.50. The van der Waals surface area contributed by atoms with E-state index in [-0.39, 0.29) is 44.2 Å². The minimum atomic E-state index is -5.04. The monoisotopic (exact) mass is 791 g/mol. The molecule has 0 bridgehead atoms. The highest BCUT2D eigenvalue weighted by Crippen LogP contribution is 2.42. The molecule has 7 rings (SSSR count). The van der Waals surface area contributed by atoms with E-state index in [0.717, 1.165) is 46.5 Å². The standard InChI is InChI=1S/C47H48F3N3O5/c1-32-42(30-52(28-33-11-4-2-5-12-33)29-34-13-6-3-7-14-34)57-45(58-43(32)37-20-18-35(31-54)19-21-37)38-24-22-36(23-25-38)40-16-9-8-15-39(40)27-51-44(55)41-17-10-26-53(41)46(56)47(48,49)50/h2-9,11-16,18-25,32,41-43,45,54H,10,17,26-31H2,1H3,(H,51,55)/t32-,41+,42+,43+,45+/m1/s1. The molecule has 0 aromatic heterocycles. The normalized spacial score (nSPS) is 20.9. The number of aliphatic hydroxyl groups excluding tert-OH is 1. The molecule has 0 unspecified atom stereocenters. The Labute approximate surface area is 337 Å².